The quantitative estimate of drug-likeness (QED) is 0.598. The summed E-state index contributed by atoms with van der Waals surface area (Å²) in [4.78, 5) is 24.0. The van der Waals surface area contributed by atoms with Gasteiger partial charge in [-0.2, -0.15) is 5.10 Å². The van der Waals surface area contributed by atoms with Crippen molar-refractivity contribution in [2.24, 2.45) is 0 Å². The third kappa shape index (κ3) is 5.13. The summed E-state index contributed by atoms with van der Waals surface area (Å²) in [6.45, 7) is 7.45. The van der Waals surface area contributed by atoms with Crippen molar-refractivity contribution in [3.05, 3.63) is 75.6 Å². The standard InChI is InChI=1S/C24H28ClN5O/c1-16-11-19(12-20-7-4-5-9-22(20)25)13-23(26-16)21-8-6-10-29(14-21)24(31)15-30-18(3)27-17(2)28-30/h4-5,7,9,11,13,21H,6,8,10,12,14-15H2,1-3H3/t21-/m1/s1. The van der Waals surface area contributed by atoms with Gasteiger partial charge < -0.3 is 4.90 Å². The Hall–Kier alpha value is -2.73. The Balaban J connectivity index is 1.49. The average Bonchev–Trinajstić information content (AvgIpc) is 3.06. The van der Waals surface area contributed by atoms with Crippen LogP contribution in [0.4, 0.5) is 0 Å². The molecule has 1 saturated heterocycles. The van der Waals surface area contributed by atoms with Crippen molar-refractivity contribution < 1.29 is 4.79 Å². The van der Waals surface area contributed by atoms with Gasteiger partial charge in [0.25, 0.3) is 0 Å². The SMILES string of the molecule is Cc1cc(Cc2ccccc2Cl)cc([C@@H]2CCCN(C(=O)Cn3nc(C)nc3C)C2)n1. The number of piperidine rings is 1. The first-order valence-electron chi connectivity index (χ1n) is 10.8. The van der Waals surface area contributed by atoms with Crippen molar-refractivity contribution in [2.75, 3.05) is 13.1 Å². The highest BCUT2D eigenvalue weighted by Crippen LogP contribution is 2.28. The van der Waals surface area contributed by atoms with Crippen LogP contribution in [0.15, 0.2) is 36.4 Å². The first-order valence-corrected chi connectivity index (χ1v) is 11.1. The monoisotopic (exact) mass is 437 g/mol. The molecule has 0 spiro atoms. The van der Waals surface area contributed by atoms with Gasteiger partial charge in [0.1, 0.15) is 18.2 Å². The van der Waals surface area contributed by atoms with E-state index in [-0.39, 0.29) is 18.4 Å². The molecule has 3 aromatic rings. The van der Waals surface area contributed by atoms with Crippen LogP contribution in [0, 0.1) is 20.8 Å². The molecule has 3 heterocycles. The normalized spacial score (nSPS) is 16.5. The summed E-state index contributed by atoms with van der Waals surface area (Å²) in [5, 5.41) is 5.11. The highest BCUT2D eigenvalue weighted by atomic mass is 35.5. The maximum atomic E-state index is 12.9. The van der Waals surface area contributed by atoms with Crippen LogP contribution in [0.3, 0.4) is 0 Å². The van der Waals surface area contributed by atoms with E-state index < -0.39 is 0 Å². The summed E-state index contributed by atoms with van der Waals surface area (Å²) < 4.78 is 1.69. The van der Waals surface area contributed by atoms with E-state index in [1.165, 1.54) is 5.56 Å². The highest BCUT2D eigenvalue weighted by Gasteiger charge is 2.26. The molecule has 6 nitrogen and oxygen atoms in total. The van der Waals surface area contributed by atoms with Crippen LogP contribution in [-0.4, -0.2) is 43.6 Å². The zero-order valence-electron chi connectivity index (χ0n) is 18.3. The molecule has 0 radical (unpaired) electrons. The minimum absolute atomic E-state index is 0.0849. The molecule has 0 saturated carbocycles. The minimum Gasteiger partial charge on any atom is -0.340 e. The summed E-state index contributed by atoms with van der Waals surface area (Å²) in [5.41, 5.74) is 4.37. The summed E-state index contributed by atoms with van der Waals surface area (Å²) in [7, 11) is 0. The van der Waals surface area contributed by atoms with Crippen molar-refractivity contribution in [1.82, 2.24) is 24.6 Å². The summed E-state index contributed by atoms with van der Waals surface area (Å²) >= 11 is 6.36. The zero-order valence-corrected chi connectivity index (χ0v) is 19.1. The molecule has 0 aliphatic carbocycles. The molecule has 1 atom stereocenters. The number of carbonyl (C=O) groups excluding carboxylic acids is 1. The lowest BCUT2D eigenvalue weighted by Crippen LogP contribution is -2.41. The van der Waals surface area contributed by atoms with Gasteiger partial charge in [-0.05, 0) is 69.4 Å². The number of aromatic nitrogens is 4. The lowest BCUT2D eigenvalue weighted by atomic mass is 9.92. The van der Waals surface area contributed by atoms with Gasteiger partial charge in [0, 0.05) is 35.4 Å². The van der Waals surface area contributed by atoms with Crippen LogP contribution in [0.2, 0.25) is 5.02 Å². The predicted molar refractivity (Wildman–Crippen MR) is 121 cm³/mol. The number of amides is 1. The van der Waals surface area contributed by atoms with Crippen LogP contribution < -0.4 is 0 Å². The van der Waals surface area contributed by atoms with Gasteiger partial charge in [-0.25, -0.2) is 9.67 Å². The van der Waals surface area contributed by atoms with Gasteiger partial charge in [-0.3, -0.25) is 9.78 Å². The molecule has 4 rings (SSSR count). The van der Waals surface area contributed by atoms with Crippen molar-refractivity contribution in [2.45, 2.75) is 52.5 Å². The number of carbonyl (C=O) groups is 1. The number of hydrogen-bond donors (Lipinski definition) is 0. The van der Waals surface area contributed by atoms with Gasteiger partial charge in [0.15, 0.2) is 0 Å². The first-order chi connectivity index (χ1) is 14.9. The van der Waals surface area contributed by atoms with Crippen LogP contribution in [-0.2, 0) is 17.8 Å². The van der Waals surface area contributed by atoms with Gasteiger partial charge in [-0.15, -0.1) is 0 Å². The number of hydrogen-bond acceptors (Lipinski definition) is 4. The largest absolute Gasteiger partial charge is 0.340 e. The predicted octanol–water partition coefficient (Wildman–Crippen LogP) is 4.25. The van der Waals surface area contributed by atoms with Crippen molar-refractivity contribution in [1.29, 1.82) is 0 Å². The van der Waals surface area contributed by atoms with Crippen LogP contribution in [0.5, 0.6) is 0 Å². The molecule has 162 valence electrons. The zero-order chi connectivity index (χ0) is 22.0. The molecule has 1 aromatic carbocycles. The van der Waals surface area contributed by atoms with Crippen LogP contribution in [0.25, 0.3) is 0 Å². The fourth-order valence-electron chi connectivity index (χ4n) is 4.33. The molecule has 7 heteroatoms. The molecule has 2 aromatic heterocycles. The minimum atomic E-state index is 0.0849. The van der Waals surface area contributed by atoms with Crippen molar-refractivity contribution in [3.8, 4) is 0 Å². The van der Waals surface area contributed by atoms with Crippen LogP contribution in [0.1, 0.15) is 52.9 Å². The molecule has 0 N–H and O–H groups in total. The summed E-state index contributed by atoms with van der Waals surface area (Å²) in [6, 6.07) is 12.2. The van der Waals surface area contributed by atoms with Crippen LogP contribution >= 0.6 is 11.6 Å². The van der Waals surface area contributed by atoms with Gasteiger partial charge in [-0.1, -0.05) is 29.8 Å². The first kappa shape index (κ1) is 21.5. The van der Waals surface area contributed by atoms with Crippen molar-refractivity contribution in [3.63, 3.8) is 0 Å². The van der Waals surface area contributed by atoms with E-state index in [0.717, 1.165) is 53.6 Å². The second-order valence-electron chi connectivity index (χ2n) is 8.35. The number of pyridine rings is 1. The summed E-state index contributed by atoms with van der Waals surface area (Å²) in [5.74, 6) is 1.78. The van der Waals surface area contributed by atoms with Gasteiger partial charge in [0.2, 0.25) is 5.91 Å². The Morgan fingerprint density at radius 3 is 2.71 bits per heavy atom. The van der Waals surface area contributed by atoms with E-state index in [2.05, 4.69) is 28.3 Å². The number of benzene rings is 1. The van der Waals surface area contributed by atoms with E-state index in [9.17, 15) is 4.79 Å². The van der Waals surface area contributed by atoms with Crippen molar-refractivity contribution >= 4 is 17.5 Å². The number of rotatable bonds is 5. The maximum Gasteiger partial charge on any atom is 0.244 e. The maximum absolute atomic E-state index is 12.9. The fourth-order valence-corrected chi connectivity index (χ4v) is 4.53. The van der Waals surface area contributed by atoms with E-state index >= 15 is 0 Å². The second-order valence-corrected chi connectivity index (χ2v) is 8.76. The number of aryl methyl sites for hydroxylation is 3. The number of halogens is 1. The molecule has 31 heavy (non-hydrogen) atoms. The fraction of sp³-hybridized carbons (Fsp3) is 0.417. The average molecular weight is 438 g/mol. The Morgan fingerprint density at radius 2 is 1.97 bits per heavy atom. The molecule has 1 amide bonds. The smallest absolute Gasteiger partial charge is 0.244 e. The third-order valence-electron chi connectivity index (χ3n) is 5.83. The molecule has 1 aliphatic heterocycles. The lowest BCUT2D eigenvalue weighted by molar-refractivity contribution is -0.133. The Morgan fingerprint density at radius 1 is 1.16 bits per heavy atom. The van der Waals surface area contributed by atoms with Gasteiger partial charge >= 0.3 is 0 Å². The lowest BCUT2D eigenvalue weighted by Gasteiger charge is -2.33. The Labute approximate surface area is 188 Å². The molecular formula is C24H28ClN5O. The van der Waals surface area contributed by atoms with Gasteiger partial charge in [0.05, 0.1) is 0 Å². The second kappa shape index (κ2) is 9.18. The van der Waals surface area contributed by atoms with E-state index in [1.54, 1.807) is 4.68 Å². The molecule has 1 aliphatic rings. The van der Waals surface area contributed by atoms with E-state index in [4.69, 9.17) is 16.6 Å². The number of likely N-dealkylation sites (tertiary alicyclic amines) is 1. The summed E-state index contributed by atoms with van der Waals surface area (Å²) in [6.07, 6.45) is 2.78. The molecule has 0 unspecified atom stereocenters. The topological polar surface area (TPSA) is 63.9 Å². The number of nitrogens with zero attached hydrogens (tertiary/aromatic N) is 5. The Kier molecular flexibility index (Phi) is 6.37. The molecule has 1 fully saturated rings. The Bertz CT molecular complexity index is 1090. The van der Waals surface area contributed by atoms with E-state index in [1.807, 2.05) is 43.9 Å². The third-order valence-corrected chi connectivity index (χ3v) is 6.19. The molecular weight excluding hydrogens is 410 g/mol. The highest BCUT2D eigenvalue weighted by molar-refractivity contribution is 6.31. The molecule has 0 bridgehead atoms. The van der Waals surface area contributed by atoms with E-state index in [0.29, 0.717) is 12.4 Å².